The first-order valence-electron chi connectivity index (χ1n) is 8.99. The Hall–Kier alpha value is -2.12. The van der Waals surface area contributed by atoms with Crippen LogP contribution in [0.2, 0.25) is 0 Å². The molecule has 0 saturated carbocycles. The molecule has 1 N–H and O–H groups in total. The zero-order valence-electron chi connectivity index (χ0n) is 14.7. The highest BCUT2D eigenvalue weighted by atomic mass is 32.1. The van der Waals surface area contributed by atoms with Crippen molar-refractivity contribution in [2.24, 2.45) is 9.98 Å². The van der Waals surface area contributed by atoms with E-state index in [0.717, 1.165) is 49.9 Å². The van der Waals surface area contributed by atoms with E-state index in [4.69, 9.17) is 0 Å². The highest BCUT2D eigenvalue weighted by Gasteiger charge is 2.27. The summed E-state index contributed by atoms with van der Waals surface area (Å²) in [4.78, 5) is 11.3. The molecule has 1 unspecified atom stereocenters. The summed E-state index contributed by atoms with van der Waals surface area (Å²) in [5.41, 5.74) is 2.30. The number of thiophene rings is 1. The van der Waals surface area contributed by atoms with Crippen LogP contribution in [-0.2, 0) is 0 Å². The van der Waals surface area contributed by atoms with Crippen molar-refractivity contribution >= 4 is 21.6 Å². The Morgan fingerprint density at radius 3 is 2.96 bits per heavy atom. The van der Waals surface area contributed by atoms with Crippen LogP contribution in [0.1, 0.15) is 24.9 Å². The van der Waals surface area contributed by atoms with Crippen molar-refractivity contribution in [3.05, 3.63) is 40.7 Å². The molecule has 0 bridgehead atoms. The molecular formula is C19H20FN5S. The molecule has 5 nitrogen and oxygen atoms in total. The average Bonchev–Trinajstić information content (AvgIpc) is 3.27. The summed E-state index contributed by atoms with van der Waals surface area (Å²) < 4.78 is 16.0. The number of benzene rings is 1. The fraction of sp³-hybridized carbons (Fsp3) is 0.421. The molecule has 1 fully saturated rings. The first kappa shape index (κ1) is 16.1. The lowest BCUT2D eigenvalue weighted by atomic mass is 10.1. The SMILES string of the molecule is Cc1cc(-c2cc3cn([C@H]4CCNC[C@H]4F)nc3s2)cc2c1=NC(C)N=2. The topological polar surface area (TPSA) is 54.6 Å². The Morgan fingerprint density at radius 1 is 1.27 bits per heavy atom. The summed E-state index contributed by atoms with van der Waals surface area (Å²) in [6.45, 7) is 5.33. The molecule has 26 heavy (non-hydrogen) atoms. The van der Waals surface area contributed by atoms with Crippen LogP contribution in [0.25, 0.3) is 20.7 Å². The number of hydrogen-bond acceptors (Lipinski definition) is 5. The predicted molar refractivity (Wildman–Crippen MR) is 101 cm³/mol. The number of nitrogens with one attached hydrogen (secondary N) is 1. The number of rotatable bonds is 2. The van der Waals surface area contributed by atoms with Gasteiger partial charge in [-0.15, -0.1) is 11.3 Å². The number of aromatic nitrogens is 2. The van der Waals surface area contributed by atoms with E-state index in [9.17, 15) is 4.39 Å². The van der Waals surface area contributed by atoms with Crippen molar-refractivity contribution in [2.45, 2.75) is 38.6 Å². The van der Waals surface area contributed by atoms with Crippen LogP contribution in [0.4, 0.5) is 4.39 Å². The molecule has 4 heterocycles. The molecule has 2 aliphatic rings. The van der Waals surface area contributed by atoms with Gasteiger partial charge in [-0.3, -0.25) is 14.7 Å². The highest BCUT2D eigenvalue weighted by molar-refractivity contribution is 7.21. The van der Waals surface area contributed by atoms with Crippen LogP contribution in [0.15, 0.2) is 34.4 Å². The quantitative estimate of drug-likeness (QED) is 0.755. The van der Waals surface area contributed by atoms with Crippen LogP contribution < -0.4 is 16.0 Å². The van der Waals surface area contributed by atoms with Crippen molar-refractivity contribution in [1.82, 2.24) is 15.1 Å². The summed E-state index contributed by atoms with van der Waals surface area (Å²) in [5, 5.41) is 10.8. The lowest BCUT2D eigenvalue weighted by Crippen LogP contribution is -2.39. The van der Waals surface area contributed by atoms with Gasteiger partial charge >= 0.3 is 0 Å². The second kappa shape index (κ2) is 5.96. The molecule has 7 heteroatoms. The van der Waals surface area contributed by atoms with Gasteiger partial charge in [0.1, 0.15) is 17.2 Å². The maximum atomic E-state index is 14.2. The van der Waals surface area contributed by atoms with Crippen LogP contribution >= 0.6 is 11.3 Å². The van der Waals surface area contributed by atoms with E-state index in [0.29, 0.717) is 6.54 Å². The molecule has 3 aromatic rings. The van der Waals surface area contributed by atoms with Gasteiger partial charge in [-0.25, -0.2) is 4.39 Å². The molecule has 2 aliphatic heterocycles. The first-order chi connectivity index (χ1) is 12.6. The van der Waals surface area contributed by atoms with E-state index < -0.39 is 6.17 Å². The van der Waals surface area contributed by atoms with Gasteiger partial charge in [0.25, 0.3) is 0 Å². The lowest BCUT2D eigenvalue weighted by molar-refractivity contribution is 0.174. The molecule has 0 aliphatic carbocycles. The second-order valence-electron chi connectivity index (χ2n) is 7.11. The number of hydrogen-bond donors (Lipinski definition) is 1. The number of nitrogens with zero attached hydrogens (tertiary/aromatic N) is 4. The minimum absolute atomic E-state index is 0.00260. The Kier molecular flexibility index (Phi) is 3.68. The number of halogens is 1. The fourth-order valence-electron chi connectivity index (χ4n) is 3.85. The van der Waals surface area contributed by atoms with Gasteiger partial charge in [-0.1, -0.05) is 0 Å². The van der Waals surface area contributed by atoms with E-state index in [1.54, 1.807) is 11.3 Å². The lowest BCUT2D eigenvalue weighted by Gasteiger charge is -2.26. The van der Waals surface area contributed by atoms with Crippen molar-refractivity contribution in [3.63, 3.8) is 0 Å². The molecule has 2 aromatic heterocycles. The Morgan fingerprint density at radius 2 is 2.15 bits per heavy atom. The normalized spacial score (nSPS) is 25.1. The maximum Gasteiger partial charge on any atom is 0.146 e. The third kappa shape index (κ3) is 2.57. The summed E-state index contributed by atoms with van der Waals surface area (Å²) >= 11 is 1.65. The number of fused-ring (bicyclic) bond motifs is 2. The van der Waals surface area contributed by atoms with Gasteiger partial charge in [0.05, 0.1) is 16.8 Å². The van der Waals surface area contributed by atoms with Crippen molar-refractivity contribution < 1.29 is 4.39 Å². The zero-order chi connectivity index (χ0) is 17.8. The Bertz CT molecular complexity index is 1080. The standard InChI is InChI=1S/C19H20FN5S/c1-10-5-12(6-15-18(10)23-11(2)22-15)17-7-13-9-25(24-19(13)26-17)16-3-4-21-8-14(16)20/h5-7,9,11,14,16,21H,3-4,8H2,1-2H3/t11?,14-,16+/m1/s1. The number of aryl methyl sites for hydroxylation is 1. The average molecular weight is 369 g/mol. The minimum Gasteiger partial charge on any atom is -0.314 e. The fourth-order valence-corrected chi connectivity index (χ4v) is 4.84. The van der Waals surface area contributed by atoms with Gasteiger partial charge in [0.2, 0.25) is 0 Å². The zero-order valence-corrected chi connectivity index (χ0v) is 15.6. The van der Waals surface area contributed by atoms with E-state index >= 15 is 0 Å². The minimum atomic E-state index is -0.885. The molecule has 5 rings (SSSR count). The monoisotopic (exact) mass is 369 g/mol. The second-order valence-corrected chi connectivity index (χ2v) is 8.14. The third-order valence-corrected chi connectivity index (χ3v) is 6.22. The Balaban J connectivity index is 1.53. The molecule has 1 aromatic carbocycles. The van der Waals surface area contributed by atoms with Crippen molar-refractivity contribution in [1.29, 1.82) is 0 Å². The summed E-state index contributed by atoms with van der Waals surface area (Å²) in [6.07, 6.45) is 1.88. The third-order valence-electron chi connectivity index (χ3n) is 5.14. The van der Waals surface area contributed by atoms with Crippen LogP contribution in [-0.4, -0.2) is 35.2 Å². The van der Waals surface area contributed by atoms with Gasteiger partial charge in [-0.2, -0.15) is 5.10 Å². The van der Waals surface area contributed by atoms with Gasteiger partial charge < -0.3 is 5.32 Å². The summed E-state index contributed by atoms with van der Waals surface area (Å²) in [6, 6.07) is 6.26. The molecule has 1 saturated heterocycles. The predicted octanol–water partition coefficient (Wildman–Crippen LogP) is 2.54. The van der Waals surface area contributed by atoms with E-state index in [1.807, 2.05) is 17.8 Å². The molecule has 0 radical (unpaired) electrons. The van der Waals surface area contributed by atoms with E-state index in [-0.39, 0.29) is 12.2 Å². The van der Waals surface area contributed by atoms with Gasteiger partial charge in [0, 0.05) is 23.0 Å². The van der Waals surface area contributed by atoms with E-state index in [1.165, 1.54) is 0 Å². The van der Waals surface area contributed by atoms with Crippen molar-refractivity contribution in [2.75, 3.05) is 13.1 Å². The largest absolute Gasteiger partial charge is 0.314 e. The number of piperidine rings is 1. The highest BCUT2D eigenvalue weighted by Crippen LogP contribution is 2.34. The first-order valence-corrected chi connectivity index (χ1v) is 9.80. The van der Waals surface area contributed by atoms with Crippen LogP contribution in [0.5, 0.6) is 0 Å². The van der Waals surface area contributed by atoms with Gasteiger partial charge in [0.15, 0.2) is 0 Å². The smallest absolute Gasteiger partial charge is 0.146 e. The summed E-state index contributed by atoms with van der Waals surface area (Å²) in [5.74, 6) is 0. The molecular weight excluding hydrogens is 349 g/mol. The summed E-state index contributed by atoms with van der Waals surface area (Å²) in [7, 11) is 0. The molecule has 0 spiro atoms. The number of alkyl halides is 1. The van der Waals surface area contributed by atoms with E-state index in [2.05, 4.69) is 45.5 Å². The van der Waals surface area contributed by atoms with Crippen molar-refractivity contribution in [3.8, 4) is 10.4 Å². The maximum absolute atomic E-state index is 14.2. The Labute approximate surface area is 154 Å². The molecule has 3 atom stereocenters. The molecule has 0 amide bonds. The van der Waals surface area contributed by atoms with Crippen LogP contribution in [0, 0.1) is 6.92 Å². The van der Waals surface area contributed by atoms with Crippen LogP contribution in [0.3, 0.4) is 0 Å². The molecule has 134 valence electrons. The van der Waals surface area contributed by atoms with Gasteiger partial charge in [-0.05, 0) is 56.1 Å².